The molecule has 1 aliphatic heterocycles. The molecular formula is C29H26ClN5O3. The number of hydrogen-bond acceptors (Lipinski definition) is 5. The topological polar surface area (TPSA) is 97.3 Å². The van der Waals surface area contributed by atoms with Gasteiger partial charge in [0, 0.05) is 22.1 Å². The first-order valence-corrected chi connectivity index (χ1v) is 12.5. The fraction of sp³-hybridized carbons (Fsp3) is 0.138. The molecule has 2 heterocycles. The summed E-state index contributed by atoms with van der Waals surface area (Å²) in [5.41, 5.74) is 3.57. The largest absolute Gasteiger partial charge is 0.494 e. The molecular weight excluding hydrogens is 502 g/mol. The number of nitrogens with zero attached hydrogens (tertiary/aromatic N) is 2. The lowest BCUT2D eigenvalue weighted by Crippen LogP contribution is -2.32. The zero-order valence-corrected chi connectivity index (χ0v) is 21.6. The highest BCUT2D eigenvalue weighted by atomic mass is 35.5. The third kappa shape index (κ3) is 5.12. The monoisotopic (exact) mass is 527 g/mol. The highest BCUT2D eigenvalue weighted by Crippen LogP contribution is 2.38. The van der Waals surface area contributed by atoms with Gasteiger partial charge in [-0.05, 0) is 67.9 Å². The van der Waals surface area contributed by atoms with Gasteiger partial charge in [0.25, 0.3) is 11.8 Å². The Kier molecular flexibility index (Phi) is 7.15. The predicted octanol–water partition coefficient (Wildman–Crippen LogP) is 6.12. The van der Waals surface area contributed by atoms with Crippen molar-refractivity contribution < 1.29 is 14.3 Å². The lowest BCUT2D eigenvalue weighted by Gasteiger charge is -2.30. The van der Waals surface area contributed by atoms with Gasteiger partial charge in [0.2, 0.25) is 0 Å². The Morgan fingerprint density at radius 3 is 2.24 bits per heavy atom. The molecule has 3 aromatic carbocycles. The molecule has 0 spiro atoms. The van der Waals surface area contributed by atoms with Gasteiger partial charge in [0.15, 0.2) is 0 Å². The average molecular weight is 528 g/mol. The van der Waals surface area contributed by atoms with Gasteiger partial charge >= 0.3 is 0 Å². The fourth-order valence-electron chi connectivity index (χ4n) is 4.39. The van der Waals surface area contributed by atoms with Crippen LogP contribution in [-0.4, -0.2) is 28.2 Å². The van der Waals surface area contributed by atoms with Crippen molar-refractivity contribution in [2.45, 2.75) is 19.9 Å². The summed E-state index contributed by atoms with van der Waals surface area (Å²) in [6.45, 7) is 4.30. The van der Waals surface area contributed by atoms with Crippen molar-refractivity contribution in [3.05, 3.63) is 112 Å². The number of fused-ring (bicyclic) bond motifs is 1. The second-order valence-corrected chi connectivity index (χ2v) is 9.14. The molecule has 1 aromatic heterocycles. The highest BCUT2D eigenvalue weighted by molar-refractivity contribution is 6.30. The molecule has 0 radical (unpaired) electrons. The standard InChI is InChI=1S/C29H26ClN5O3/c1-3-38-23-15-13-22(14-16-23)33-28(36)24-17-31-35-26(19-7-5-4-6-8-19)25(18(2)32-27(24)35)29(37)34-21-11-9-20(30)10-12-21/h4-17,26,32H,3H2,1-2H3,(H,33,36)(H,34,37). The van der Waals surface area contributed by atoms with E-state index >= 15 is 0 Å². The van der Waals surface area contributed by atoms with E-state index in [1.807, 2.05) is 44.2 Å². The van der Waals surface area contributed by atoms with E-state index in [0.29, 0.717) is 45.7 Å². The number of halogens is 1. The number of benzene rings is 3. The minimum absolute atomic E-state index is 0.285. The zero-order valence-electron chi connectivity index (χ0n) is 20.9. The van der Waals surface area contributed by atoms with E-state index < -0.39 is 6.04 Å². The molecule has 9 heteroatoms. The van der Waals surface area contributed by atoms with Gasteiger partial charge < -0.3 is 20.7 Å². The first-order valence-electron chi connectivity index (χ1n) is 12.2. The number of ether oxygens (including phenoxy) is 1. The maximum absolute atomic E-state index is 13.5. The summed E-state index contributed by atoms with van der Waals surface area (Å²) in [5, 5.41) is 14.2. The van der Waals surface area contributed by atoms with Crippen LogP contribution in [0.15, 0.2) is 96.3 Å². The molecule has 0 fully saturated rings. The minimum Gasteiger partial charge on any atom is -0.494 e. The van der Waals surface area contributed by atoms with Crippen LogP contribution in [0, 0.1) is 0 Å². The highest BCUT2D eigenvalue weighted by Gasteiger charge is 2.35. The van der Waals surface area contributed by atoms with Crippen molar-refractivity contribution in [2.24, 2.45) is 0 Å². The van der Waals surface area contributed by atoms with Crippen LogP contribution in [0.25, 0.3) is 0 Å². The van der Waals surface area contributed by atoms with Crippen LogP contribution in [-0.2, 0) is 4.79 Å². The Bertz CT molecular complexity index is 1500. The number of amides is 2. The van der Waals surface area contributed by atoms with Crippen molar-refractivity contribution in [3.8, 4) is 5.75 Å². The second-order valence-electron chi connectivity index (χ2n) is 8.70. The van der Waals surface area contributed by atoms with Crippen molar-refractivity contribution in [1.29, 1.82) is 0 Å². The predicted molar refractivity (Wildman–Crippen MR) is 149 cm³/mol. The van der Waals surface area contributed by atoms with Crippen LogP contribution in [0.1, 0.15) is 35.8 Å². The zero-order chi connectivity index (χ0) is 26.6. The van der Waals surface area contributed by atoms with E-state index in [-0.39, 0.29) is 11.8 Å². The lowest BCUT2D eigenvalue weighted by atomic mass is 9.94. The molecule has 192 valence electrons. The number of anilines is 3. The van der Waals surface area contributed by atoms with Gasteiger partial charge in [0.05, 0.1) is 18.4 Å². The quantitative estimate of drug-likeness (QED) is 0.269. The molecule has 4 aromatic rings. The summed E-state index contributed by atoms with van der Waals surface area (Å²) >= 11 is 6.00. The smallest absolute Gasteiger partial charge is 0.261 e. The third-order valence-corrected chi connectivity index (χ3v) is 6.41. The molecule has 8 nitrogen and oxygen atoms in total. The van der Waals surface area contributed by atoms with Crippen LogP contribution in [0.2, 0.25) is 5.02 Å². The van der Waals surface area contributed by atoms with Crippen LogP contribution < -0.4 is 20.7 Å². The Balaban J connectivity index is 1.47. The lowest BCUT2D eigenvalue weighted by molar-refractivity contribution is -0.113. The molecule has 1 atom stereocenters. The second kappa shape index (κ2) is 10.8. The summed E-state index contributed by atoms with van der Waals surface area (Å²) in [7, 11) is 0. The van der Waals surface area contributed by atoms with Crippen molar-refractivity contribution in [2.75, 3.05) is 22.6 Å². The molecule has 0 saturated heterocycles. The van der Waals surface area contributed by atoms with Gasteiger partial charge in [-0.3, -0.25) is 9.59 Å². The molecule has 0 aliphatic carbocycles. The molecule has 1 unspecified atom stereocenters. The molecule has 3 N–H and O–H groups in total. The van der Waals surface area contributed by atoms with Crippen LogP contribution in [0.3, 0.4) is 0 Å². The van der Waals surface area contributed by atoms with Crippen molar-refractivity contribution in [3.63, 3.8) is 0 Å². The Morgan fingerprint density at radius 1 is 0.947 bits per heavy atom. The van der Waals surface area contributed by atoms with E-state index in [2.05, 4.69) is 21.0 Å². The summed E-state index contributed by atoms with van der Waals surface area (Å²) in [6.07, 6.45) is 1.51. The normalized spacial score (nSPS) is 14.3. The Labute approximate surface area is 225 Å². The number of carbonyl (C=O) groups excluding carboxylic acids is 2. The van der Waals surface area contributed by atoms with E-state index in [0.717, 1.165) is 11.3 Å². The Morgan fingerprint density at radius 2 is 1.58 bits per heavy atom. The molecule has 0 saturated carbocycles. The molecule has 38 heavy (non-hydrogen) atoms. The number of nitrogens with one attached hydrogen (secondary N) is 3. The van der Waals surface area contributed by atoms with Gasteiger partial charge in [-0.15, -0.1) is 0 Å². The van der Waals surface area contributed by atoms with E-state index in [9.17, 15) is 9.59 Å². The van der Waals surface area contributed by atoms with E-state index in [1.54, 1.807) is 53.2 Å². The molecule has 0 bridgehead atoms. The number of carbonyl (C=O) groups is 2. The van der Waals surface area contributed by atoms with E-state index in [4.69, 9.17) is 16.3 Å². The van der Waals surface area contributed by atoms with Gasteiger partial charge in [-0.25, -0.2) is 4.68 Å². The average Bonchev–Trinajstić information content (AvgIpc) is 3.34. The molecule has 5 rings (SSSR count). The fourth-order valence-corrected chi connectivity index (χ4v) is 4.52. The van der Waals surface area contributed by atoms with Crippen LogP contribution >= 0.6 is 11.6 Å². The van der Waals surface area contributed by atoms with Gasteiger partial charge in [-0.2, -0.15) is 5.10 Å². The number of rotatable bonds is 7. The maximum Gasteiger partial charge on any atom is 0.261 e. The third-order valence-electron chi connectivity index (χ3n) is 6.15. The van der Waals surface area contributed by atoms with Crippen molar-refractivity contribution in [1.82, 2.24) is 9.78 Å². The summed E-state index contributed by atoms with van der Waals surface area (Å²) in [6, 6.07) is 23.1. The minimum atomic E-state index is -0.549. The Hall–Kier alpha value is -4.56. The molecule has 2 amide bonds. The maximum atomic E-state index is 13.5. The van der Waals surface area contributed by atoms with Gasteiger partial charge in [0.1, 0.15) is 23.2 Å². The van der Waals surface area contributed by atoms with Gasteiger partial charge in [-0.1, -0.05) is 41.9 Å². The van der Waals surface area contributed by atoms with Crippen LogP contribution in [0.4, 0.5) is 17.2 Å². The van der Waals surface area contributed by atoms with Crippen molar-refractivity contribution >= 4 is 40.6 Å². The molecule has 1 aliphatic rings. The first-order chi connectivity index (χ1) is 18.4. The van der Waals surface area contributed by atoms with E-state index in [1.165, 1.54) is 6.20 Å². The summed E-state index contributed by atoms with van der Waals surface area (Å²) < 4.78 is 7.14. The number of allylic oxidation sites excluding steroid dienone is 1. The number of aromatic nitrogens is 2. The summed E-state index contributed by atoms with van der Waals surface area (Å²) in [5.74, 6) is 0.623. The number of hydrogen-bond donors (Lipinski definition) is 3. The summed E-state index contributed by atoms with van der Waals surface area (Å²) in [4.78, 5) is 26.8. The SMILES string of the molecule is CCOc1ccc(NC(=O)c2cnn3c2NC(C)=C(C(=O)Nc2ccc(Cl)cc2)C3c2ccccc2)cc1. The van der Waals surface area contributed by atoms with Crippen LogP contribution in [0.5, 0.6) is 5.75 Å². The first kappa shape index (κ1) is 25.1.